The van der Waals surface area contributed by atoms with Crippen LogP contribution in [0.25, 0.3) is 0 Å². The molecule has 6 nitrogen and oxygen atoms in total. The maximum absolute atomic E-state index is 12.6. The Labute approximate surface area is 179 Å². The second-order valence-electron chi connectivity index (χ2n) is 7.16. The molecule has 2 atom stereocenters. The summed E-state index contributed by atoms with van der Waals surface area (Å²) in [4.78, 5) is 25.1. The number of carbonyl (C=O) groups excluding carboxylic acids is 2. The SMILES string of the molecule is Cc1ccc(C(=O)N[C@@H]2CS(=O)(=O)C[C@H]2NC(=O)c2ccc(C)c(Cl)c2)cc1Cl. The van der Waals surface area contributed by atoms with Gasteiger partial charge in [0.1, 0.15) is 0 Å². The van der Waals surface area contributed by atoms with E-state index in [-0.39, 0.29) is 11.5 Å². The van der Waals surface area contributed by atoms with Gasteiger partial charge in [-0.3, -0.25) is 9.59 Å². The summed E-state index contributed by atoms with van der Waals surface area (Å²) in [5.74, 6) is -1.41. The molecule has 29 heavy (non-hydrogen) atoms. The number of sulfone groups is 1. The van der Waals surface area contributed by atoms with Crippen molar-refractivity contribution in [1.29, 1.82) is 0 Å². The van der Waals surface area contributed by atoms with Gasteiger partial charge in [0.15, 0.2) is 9.84 Å². The minimum absolute atomic E-state index is 0.252. The summed E-state index contributed by atoms with van der Waals surface area (Å²) < 4.78 is 24.3. The highest BCUT2D eigenvalue weighted by atomic mass is 35.5. The lowest BCUT2D eigenvalue weighted by Gasteiger charge is -2.21. The summed E-state index contributed by atoms with van der Waals surface area (Å²) in [5.41, 5.74) is 2.29. The third kappa shape index (κ3) is 5.10. The van der Waals surface area contributed by atoms with Crippen molar-refractivity contribution in [2.75, 3.05) is 11.5 Å². The van der Waals surface area contributed by atoms with E-state index in [0.29, 0.717) is 21.2 Å². The quantitative estimate of drug-likeness (QED) is 0.742. The van der Waals surface area contributed by atoms with Crippen LogP contribution >= 0.6 is 23.2 Å². The van der Waals surface area contributed by atoms with E-state index in [9.17, 15) is 18.0 Å². The van der Waals surface area contributed by atoms with E-state index in [1.165, 1.54) is 12.1 Å². The Morgan fingerprint density at radius 3 is 1.55 bits per heavy atom. The first kappa shape index (κ1) is 21.6. The van der Waals surface area contributed by atoms with Gasteiger partial charge in [-0.15, -0.1) is 0 Å². The fraction of sp³-hybridized carbons (Fsp3) is 0.300. The van der Waals surface area contributed by atoms with Crippen molar-refractivity contribution < 1.29 is 18.0 Å². The van der Waals surface area contributed by atoms with Crippen molar-refractivity contribution in [2.45, 2.75) is 25.9 Å². The highest BCUT2D eigenvalue weighted by molar-refractivity contribution is 7.91. The van der Waals surface area contributed by atoms with Crippen LogP contribution in [0.3, 0.4) is 0 Å². The van der Waals surface area contributed by atoms with E-state index < -0.39 is 33.7 Å². The molecule has 0 aliphatic carbocycles. The molecule has 0 unspecified atom stereocenters. The van der Waals surface area contributed by atoms with Gasteiger partial charge in [0.05, 0.1) is 23.6 Å². The van der Waals surface area contributed by atoms with E-state index in [1.807, 2.05) is 13.8 Å². The van der Waals surface area contributed by atoms with Crippen LogP contribution in [0.15, 0.2) is 36.4 Å². The smallest absolute Gasteiger partial charge is 0.251 e. The lowest BCUT2D eigenvalue weighted by molar-refractivity contribution is 0.0896. The summed E-state index contributed by atoms with van der Waals surface area (Å²) in [5, 5.41) is 6.30. The molecule has 1 saturated heterocycles. The second kappa shape index (κ2) is 8.34. The molecule has 9 heteroatoms. The molecule has 0 saturated carbocycles. The number of hydrogen-bond donors (Lipinski definition) is 2. The minimum atomic E-state index is -3.41. The largest absolute Gasteiger partial charge is 0.346 e. The molecular formula is C20H20Cl2N2O4S. The van der Waals surface area contributed by atoms with Crippen LogP contribution in [0.4, 0.5) is 0 Å². The van der Waals surface area contributed by atoms with Gasteiger partial charge in [-0.1, -0.05) is 35.3 Å². The Morgan fingerprint density at radius 1 is 0.828 bits per heavy atom. The molecule has 2 amide bonds. The van der Waals surface area contributed by atoms with Crippen molar-refractivity contribution in [1.82, 2.24) is 10.6 Å². The molecule has 0 radical (unpaired) electrons. The van der Waals surface area contributed by atoms with Gasteiger partial charge in [0, 0.05) is 21.2 Å². The van der Waals surface area contributed by atoms with Crippen molar-refractivity contribution in [2.24, 2.45) is 0 Å². The van der Waals surface area contributed by atoms with E-state index >= 15 is 0 Å². The van der Waals surface area contributed by atoms with Gasteiger partial charge >= 0.3 is 0 Å². The summed E-state index contributed by atoms with van der Waals surface area (Å²) in [6.07, 6.45) is 0. The Balaban J connectivity index is 1.76. The van der Waals surface area contributed by atoms with Crippen LogP contribution in [0.2, 0.25) is 10.0 Å². The predicted octanol–water partition coefficient (Wildman–Crippen LogP) is 2.94. The number of benzene rings is 2. The van der Waals surface area contributed by atoms with Crippen molar-refractivity contribution >= 4 is 44.9 Å². The fourth-order valence-electron chi connectivity index (χ4n) is 3.10. The monoisotopic (exact) mass is 454 g/mol. The average Bonchev–Trinajstić information content (AvgIpc) is 2.92. The Hall–Kier alpha value is -2.09. The van der Waals surface area contributed by atoms with E-state index in [2.05, 4.69) is 10.6 Å². The standard InChI is InChI=1S/C20H20Cl2N2O4S/c1-11-3-5-13(7-15(11)21)19(25)23-17-9-29(27,28)10-18(17)24-20(26)14-6-4-12(2)16(22)8-14/h3-8,17-18H,9-10H2,1-2H3,(H,23,25)(H,24,26)/t17-,18-/m1/s1. The van der Waals surface area contributed by atoms with E-state index in [1.54, 1.807) is 24.3 Å². The minimum Gasteiger partial charge on any atom is -0.346 e. The number of rotatable bonds is 4. The summed E-state index contributed by atoms with van der Waals surface area (Å²) >= 11 is 12.1. The molecule has 0 spiro atoms. The van der Waals surface area contributed by atoms with Crippen molar-refractivity contribution in [3.63, 3.8) is 0 Å². The van der Waals surface area contributed by atoms with Crippen LogP contribution < -0.4 is 10.6 Å². The van der Waals surface area contributed by atoms with Crippen molar-refractivity contribution in [3.8, 4) is 0 Å². The molecule has 1 fully saturated rings. The Kier molecular flexibility index (Phi) is 6.22. The first-order valence-corrected chi connectivity index (χ1v) is 11.5. The molecule has 2 N–H and O–H groups in total. The number of nitrogens with one attached hydrogen (secondary N) is 2. The zero-order valence-corrected chi connectivity index (χ0v) is 18.2. The lowest BCUT2D eigenvalue weighted by atomic mass is 10.1. The van der Waals surface area contributed by atoms with Gasteiger partial charge in [0.2, 0.25) is 0 Å². The summed E-state index contributed by atoms with van der Waals surface area (Å²) in [7, 11) is -3.41. The van der Waals surface area contributed by atoms with Gasteiger partial charge < -0.3 is 10.6 Å². The van der Waals surface area contributed by atoms with Crippen LogP contribution in [-0.4, -0.2) is 43.8 Å². The highest BCUT2D eigenvalue weighted by Gasteiger charge is 2.39. The molecule has 0 aromatic heterocycles. The summed E-state index contributed by atoms with van der Waals surface area (Å²) in [6.45, 7) is 3.63. The zero-order chi connectivity index (χ0) is 21.3. The molecule has 1 heterocycles. The molecular weight excluding hydrogens is 435 g/mol. The summed E-state index contributed by atoms with van der Waals surface area (Å²) in [6, 6.07) is 8.19. The maximum atomic E-state index is 12.6. The highest BCUT2D eigenvalue weighted by Crippen LogP contribution is 2.20. The Bertz CT molecular complexity index is 1010. The number of amides is 2. The van der Waals surface area contributed by atoms with Crippen LogP contribution in [0, 0.1) is 13.8 Å². The van der Waals surface area contributed by atoms with Gasteiger partial charge in [0.25, 0.3) is 11.8 Å². The normalized spacial score (nSPS) is 20.3. The molecule has 1 aliphatic heterocycles. The lowest BCUT2D eigenvalue weighted by Crippen LogP contribution is -2.51. The number of hydrogen-bond acceptors (Lipinski definition) is 4. The van der Waals surface area contributed by atoms with Crippen LogP contribution in [0.5, 0.6) is 0 Å². The van der Waals surface area contributed by atoms with Gasteiger partial charge in [-0.05, 0) is 49.2 Å². The van der Waals surface area contributed by atoms with E-state index in [0.717, 1.165) is 11.1 Å². The van der Waals surface area contributed by atoms with Gasteiger partial charge in [-0.25, -0.2) is 8.42 Å². The predicted molar refractivity (Wildman–Crippen MR) is 114 cm³/mol. The molecule has 3 rings (SSSR count). The fourth-order valence-corrected chi connectivity index (χ4v) is 5.33. The maximum Gasteiger partial charge on any atom is 0.251 e. The zero-order valence-electron chi connectivity index (χ0n) is 15.8. The number of aryl methyl sites for hydroxylation is 2. The molecule has 1 aliphatic rings. The topological polar surface area (TPSA) is 92.3 Å². The third-order valence-electron chi connectivity index (χ3n) is 4.85. The first-order chi connectivity index (χ1) is 13.6. The second-order valence-corrected chi connectivity index (χ2v) is 10.1. The average molecular weight is 455 g/mol. The van der Waals surface area contributed by atoms with Crippen LogP contribution in [0.1, 0.15) is 31.8 Å². The third-order valence-corrected chi connectivity index (χ3v) is 7.40. The Morgan fingerprint density at radius 2 is 1.21 bits per heavy atom. The molecule has 2 aromatic rings. The van der Waals surface area contributed by atoms with E-state index in [4.69, 9.17) is 23.2 Å². The molecule has 0 bridgehead atoms. The van der Waals surface area contributed by atoms with Crippen molar-refractivity contribution in [3.05, 3.63) is 68.7 Å². The molecule has 2 aromatic carbocycles. The van der Waals surface area contributed by atoms with Gasteiger partial charge in [-0.2, -0.15) is 0 Å². The number of halogens is 2. The number of carbonyl (C=O) groups is 2. The van der Waals surface area contributed by atoms with Crippen LogP contribution in [-0.2, 0) is 9.84 Å². The molecule has 154 valence electrons. The first-order valence-electron chi connectivity index (χ1n) is 8.90.